The summed E-state index contributed by atoms with van der Waals surface area (Å²) >= 11 is 3.77. The quantitative estimate of drug-likeness (QED) is 0.676. The molecule has 2 aromatic carbocycles. The molecule has 80 valence electrons. The van der Waals surface area contributed by atoms with E-state index in [9.17, 15) is 0 Å². The van der Waals surface area contributed by atoms with Gasteiger partial charge in [-0.1, -0.05) is 43.3 Å². The van der Waals surface area contributed by atoms with Crippen LogP contribution in [0.2, 0.25) is 0 Å². The molecule has 1 unspecified atom stereocenters. The molecular weight excluding hydrogens is 260 g/mol. The fourth-order valence-corrected chi connectivity index (χ4v) is 3.39. The Balaban J connectivity index is 2.36. The lowest BCUT2D eigenvalue weighted by Gasteiger charge is -2.13. The minimum absolute atomic E-state index is 0.578. The van der Waals surface area contributed by atoms with E-state index >= 15 is 0 Å². The third-order valence-corrected chi connectivity index (χ3v) is 4.23. The Morgan fingerprint density at radius 1 is 1.25 bits per heavy atom. The molecule has 0 radical (unpaired) electrons. The Labute approximate surface area is 104 Å². The molecule has 0 fully saturated rings. The number of rotatable bonds is 1. The molecule has 2 aromatic rings. The topological polar surface area (TPSA) is 0 Å². The largest absolute Gasteiger partial charge is 0.0764 e. The molecule has 0 nitrogen and oxygen atoms in total. The highest BCUT2D eigenvalue weighted by Gasteiger charge is 2.20. The SMILES string of the molecule is CCC1C=Cc2cc3ccccc3c(Br)c21. The van der Waals surface area contributed by atoms with E-state index in [2.05, 4.69) is 65.3 Å². The summed E-state index contributed by atoms with van der Waals surface area (Å²) in [6, 6.07) is 10.8. The Bertz CT molecular complexity index is 581. The Kier molecular flexibility index (Phi) is 2.36. The highest BCUT2D eigenvalue weighted by molar-refractivity contribution is 9.10. The average Bonchev–Trinajstić information content (AvgIpc) is 2.72. The van der Waals surface area contributed by atoms with Gasteiger partial charge >= 0.3 is 0 Å². The first-order valence-electron chi connectivity index (χ1n) is 5.70. The molecule has 0 aliphatic heterocycles. The Morgan fingerprint density at radius 2 is 2.06 bits per heavy atom. The number of hydrogen-bond acceptors (Lipinski definition) is 0. The van der Waals surface area contributed by atoms with Crippen LogP contribution in [-0.2, 0) is 0 Å². The van der Waals surface area contributed by atoms with Crippen molar-refractivity contribution in [3.8, 4) is 0 Å². The van der Waals surface area contributed by atoms with E-state index in [0.29, 0.717) is 5.92 Å². The van der Waals surface area contributed by atoms with Crippen LogP contribution in [0.1, 0.15) is 30.4 Å². The minimum atomic E-state index is 0.578. The Morgan fingerprint density at radius 3 is 2.88 bits per heavy atom. The van der Waals surface area contributed by atoms with Crippen LogP contribution in [0, 0.1) is 0 Å². The second-order valence-electron chi connectivity index (χ2n) is 4.29. The normalized spacial score (nSPS) is 18.0. The van der Waals surface area contributed by atoms with Crippen LogP contribution in [-0.4, -0.2) is 0 Å². The number of hydrogen-bond donors (Lipinski definition) is 0. The molecule has 3 rings (SSSR count). The van der Waals surface area contributed by atoms with Gasteiger partial charge in [-0.25, -0.2) is 0 Å². The van der Waals surface area contributed by atoms with Crippen molar-refractivity contribution < 1.29 is 0 Å². The van der Waals surface area contributed by atoms with E-state index in [0.717, 1.165) is 0 Å². The van der Waals surface area contributed by atoms with Gasteiger partial charge in [0.1, 0.15) is 0 Å². The summed E-state index contributed by atoms with van der Waals surface area (Å²) in [7, 11) is 0. The lowest BCUT2D eigenvalue weighted by Crippen LogP contribution is -1.93. The van der Waals surface area contributed by atoms with Gasteiger partial charge in [0.15, 0.2) is 0 Å². The van der Waals surface area contributed by atoms with Gasteiger partial charge in [-0.2, -0.15) is 0 Å². The first-order valence-corrected chi connectivity index (χ1v) is 6.50. The molecule has 1 aliphatic carbocycles. The van der Waals surface area contributed by atoms with Crippen molar-refractivity contribution in [3.05, 3.63) is 52.0 Å². The average molecular weight is 273 g/mol. The number of halogens is 1. The standard InChI is InChI=1S/C15H13Br/c1-2-10-7-8-12-9-11-5-3-4-6-13(11)15(16)14(10)12/h3-10H,2H2,1H3. The van der Waals surface area contributed by atoms with Crippen LogP contribution < -0.4 is 0 Å². The minimum Gasteiger partial charge on any atom is -0.0764 e. The molecule has 0 saturated heterocycles. The number of allylic oxidation sites excluding steroid dienone is 1. The number of benzene rings is 2. The zero-order chi connectivity index (χ0) is 11.1. The van der Waals surface area contributed by atoms with Crippen molar-refractivity contribution in [2.24, 2.45) is 0 Å². The van der Waals surface area contributed by atoms with Crippen LogP contribution >= 0.6 is 15.9 Å². The summed E-state index contributed by atoms with van der Waals surface area (Å²) in [5.74, 6) is 0.578. The van der Waals surface area contributed by atoms with E-state index in [-0.39, 0.29) is 0 Å². The molecule has 0 heterocycles. The van der Waals surface area contributed by atoms with Gasteiger partial charge in [0.05, 0.1) is 0 Å². The van der Waals surface area contributed by atoms with Crippen LogP contribution in [0.3, 0.4) is 0 Å². The molecule has 1 aliphatic rings. The smallest absolute Gasteiger partial charge is 0.0297 e. The van der Waals surface area contributed by atoms with E-state index < -0.39 is 0 Å². The highest BCUT2D eigenvalue weighted by atomic mass is 79.9. The summed E-state index contributed by atoms with van der Waals surface area (Å²) in [5.41, 5.74) is 2.83. The predicted molar refractivity (Wildman–Crippen MR) is 73.7 cm³/mol. The maximum absolute atomic E-state index is 3.77. The monoisotopic (exact) mass is 272 g/mol. The van der Waals surface area contributed by atoms with Crippen LogP contribution in [0.25, 0.3) is 16.8 Å². The Hall–Kier alpha value is -1.08. The zero-order valence-electron chi connectivity index (χ0n) is 9.20. The first-order chi connectivity index (χ1) is 7.81. The maximum atomic E-state index is 3.77. The van der Waals surface area contributed by atoms with Gasteiger partial charge in [0, 0.05) is 10.4 Å². The molecular formula is C15H13Br. The second kappa shape index (κ2) is 3.74. The zero-order valence-corrected chi connectivity index (χ0v) is 10.8. The molecule has 16 heavy (non-hydrogen) atoms. The number of fused-ring (bicyclic) bond motifs is 2. The molecule has 1 heteroatoms. The third kappa shape index (κ3) is 1.35. The molecule has 0 bridgehead atoms. The van der Waals surface area contributed by atoms with Gasteiger partial charge in [0.25, 0.3) is 0 Å². The van der Waals surface area contributed by atoms with Crippen molar-refractivity contribution in [1.29, 1.82) is 0 Å². The van der Waals surface area contributed by atoms with Gasteiger partial charge in [0.2, 0.25) is 0 Å². The van der Waals surface area contributed by atoms with Gasteiger partial charge in [-0.3, -0.25) is 0 Å². The van der Waals surface area contributed by atoms with Crippen molar-refractivity contribution in [3.63, 3.8) is 0 Å². The third-order valence-electron chi connectivity index (χ3n) is 3.37. The first kappa shape index (κ1) is 10.1. The lowest BCUT2D eigenvalue weighted by molar-refractivity contribution is 0.816. The van der Waals surface area contributed by atoms with Crippen molar-refractivity contribution >= 4 is 32.8 Å². The molecule has 0 amide bonds. The van der Waals surface area contributed by atoms with E-state index in [4.69, 9.17) is 0 Å². The van der Waals surface area contributed by atoms with E-state index in [1.807, 2.05) is 0 Å². The van der Waals surface area contributed by atoms with E-state index in [1.54, 1.807) is 0 Å². The molecule has 0 spiro atoms. The summed E-state index contributed by atoms with van der Waals surface area (Å²) in [4.78, 5) is 0. The molecule has 0 saturated carbocycles. The molecule has 1 atom stereocenters. The highest BCUT2D eigenvalue weighted by Crippen LogP contribution is 2.41. The van der Waals surface area contributed by atoms with Crippen LogP contribution in [0.15, 0.2) is 40.9 Å². The summed E-state index contributed by atoms with van der Waals surface area (Å²) in [6.45, 7) is 2.24. The summed E-state index contributed by atoms with van der Waals surface area (Å²) < 4.78 is 1.28. The van der Waals surface area contributed by atoms with Crippen LogP contribution in [0.4, 0.5) is 0 Å². The van der Waals surface area contributed by atoms with Crippen LogP contribution in [0.5, 0.6) is 0 Å². The molecule has 0 N–H and O–H groups in total. The maximum Gasteiger partial charge on any atom is 0.0297 e. The summed E-state index contributed by atoms with van der Waals surface area (Å²) in [5, 5.41) is 2.64. The van der Waals surface area contributed by atoms with Gasteiger partial charge in [-0.05, 0) is 50.3 Å². The molecule has 0 aromatic heterocycles. The van der Waals surface area contributed by atoms with Gasteiger partial charge in [-0.15, -0.1) is 0 Å². The van der Waals surface area contributed by atoms with E-state index in [1.165, 1.54) is 32.8 Å². The predicted octanol–water partition coefficient (Wildman–Crippen LogP) is 5.12. The fourth-order valence-electron chi connectivity index (χ4n) is 2.51. The van der Waals surface area contributed by atoms with Crippen molar-refractivity contribution in [1.82, 2.24) is 0 Å². The van der Waals surface area contributed by atoms with Crippen molar-refractivity contribution in [2.45, 2.75) is 19.3 Å². The van der Waals surface area contributed by atoms with Gasteiger partial charge < -0.3 is 0 Å². The summed E-state index contributed by atoms with van der Waals surface area (Å²) in [6.07, 6.45) is 5.73. The second-order valence-corrected chi connectivity index (χ2v) is 5.08. The van der Waals surface area contributed by atoms with Crippen molar-refractivity contribution in [2.75, 3.05) is 0 Å². The fraction of sp³-hybridized carbons (Fsp3) is 0.200. The lowest BCUT2D eigenvalue weighted by atomic mass is 9.95.